The first-order valence-corrected chi connectivity index (χ1v) is 7.77. The van der Waals surface area contributed by atoms with E-state index in [9.17, 15) is 9.59 Å². The Bertz CT molecular complexity index is 641. The number of carbonyl (C=O) groups is 2. The number of hydrogen-bond donors (Lipinski definition) is 2. The van der Waals surface area contributed by atoms with Gasteiger partial charge in [-0.3, -0.25) is 9.59 Å². The minimum absolute atomic E-state index is 0.0794. The number of methoxy groups -OCH3 is 1. The van der Waals surface area contributed by atoms with Crippen LogP contribution in [-0.4, -0.2) is 18.9 Å². The molecule has 0 radical (unpaired) electrons. The van der Waals surface area contributed by atoms with Gasteiger partial charge in [-0.05, 0) is 47.0 Å². The van der Waals surface area contributed by atoms with Crippen molar-refractivity contribution in [2.24, 2.45) is 0 Å². The molecule has 0 aliphatic heterocycles. The van der Waals surface area contributed by atoms with Crippen molar-refractivity contribution < 1.29 is 14.3 Å². The van der Waals surface area contributed by atoms with Crippen molar-refractivity contribution in [2.75, 3.05) is 12.4 Å². The van der Waals surface area contributed by atoms with Gasteiger partial charge < -0.3 is 15.4 Å². The summed E-state index contributed by atoms with van der Waals surface area (Å²) >= 11 is 1.54. The Morgan fingerprint density at radius 3 is 2.77 bits per heavy atom. The molecule has 1 heterocycles. The molecule has 22 heavy (non-hydrogen) atoms. The molecule has 116 valence electrons. The second-order valence-electron chi connectivity index (χ2n) is 4.77. The van der Waals surface area contributed by atoms with Gasteiger partial charge in [0, 0.05) is 19.3 Å². The Balaban J connectivity index is 1.92. The number of benzene rings is 1. The van der Waals surface area contributed by atoms with Crippen molar-refractivity contribution in [2.45, 2.75) is 19.6 Å². The van der Waals surface area contributed by atoms with Crippen LogP contribution in [0.1, 0.15) is 24.2 Å². The molecule has 6 heteroatoms. The van der Waals surface area contributed by atoms with Crippen molar-refractivity contribution in [1.29, 1.82) is 0 Å². The Kier molecular flexibility index (Phi) is 5.68. The predicted octanol–water partition coefficient (Wildman–Crippen LogP) is 2.71. The van der Waals surface area contributed by atoms with Crippen molar-refractivity contribution in [3.63, 3.8) is 0 Å². The number of rotatable bonds is 5. The van der Waals surface area contributed by atoms with Gasteiger partial charge in [0.05, 0.1) is 6.10 Å². The molecule has 2 amide bonds. The summed E-state index contributed by atoms with van der Waals surface area (Å²) in [7, 11) is 1.62. The molecule has 0 aliphatic rings. The first-order valence-electron chi connectivity index (χ1n) is 6.83. The Hall–Kier alpha value is -2.18. The third-order valence-electron chi connectivity index (χ3n) is 3.21. The predicted molar refractivity (Wildman–Crippen MR) is 86.7 cm³/mol. The van der Waals surface area contributed by atoms with Crippen LogP contribution in [0, 0.1) is 0 Å². The van der Waals surface area contributed by atoms with Crippen LogP contribution >= 0.6 is 11.3 Å². The molecular formula is C16H18N2O3S. The molecule has 2 N–H and O–H groups in total. The highest BCUT2D eigenvalue weighted by molar-refractivity contribution is 7.07. The second-order valence-corrected chi connectivity index (χ2v) is 5.55. The van der Waals surface area contributed by atoms with Crippen LogP contribution in [0.2, 0.25) is 0 Å². The summed E-state index contributed by atoms with van der Waals surface area (Å²) in [6.45, 7) is 2.25. The van der Waals surface area contributed by atoms with Gasteiger partial charge in [0.15, 0.2) is 0 Å². The fourth-order valence-corrected chi connectivity index (χ4v) is 2.52. The van der Waals surface area contributed by atoms with Crippen LogP contribution in [0.15, 0.2) is 41.1 Å². The highest BCUT2D eigenvalue weighted by atomic mass is 32.1. The monoisotopic (exact) mass is 318 g/mol. The largest absolute Gasteiger partial charge is 0.377 e. The number of ether oxygens (including phenoxy) is 1. The number of carbonyl (C=O) groups excluding carboxylic acids is 2. The van der Waals surface area contributed by atoms with E-state index in [1.807, 2.05) is 35.9 Å². The average Bonchev–Trinajstić information content (AvgIpc) is 3.05. The normalized spacial score (nSPS) is 11.7. The zero-order valence-electron chi connectivity index (χ0n) is 12.5. The lowest BCUT2D eigenvalue weighted by atomic mass is 10.1. The maximum Gasteiger partial charge on any atom is 0.313 e. The van der Waals surface area contributed by atoms with E-state index >= 15 is 0 Å². The summed E-state index contributed by atoms with van der Waals surface area (Å²) in [5.41, 5.74) is 2.47. The van der Waals surface area contributed by atoms with Gasteiger partial charge in [-0.25, -0.2) is 0 Å². The van der Waals surface area contributed by atoms with E-state index in [2.05, 4.69) is 10.6 Å². The van der Waals surface area contributed by atoms with Gasteiger partial charge in [-0.15, -0.1) is 0 Å². The van der Waals surface area contributed by atoms with E-state index in [0.717, 1.165) is 11.1 Å². The molecule has 5 nitrogen and oxygen atoms in total. The van der Waals surface area contributed by atoms with Crippen LogP contribution in [0.5, 0.6) is 0 Å². The molecule has 0 unspecified atom stereocenters. The number of thiophene rings is 1. The average molecular weight is 318 g/mol. The molecule has 2 rings (SSSR count). The summed E-state index contributed by atoms with van der Waals surface area (Å²) in [6.07, 6.45) is -0.0794. The number of nitrogens with one attached hydrogen (secondary N) is 2. The Morgan fingerprint density at radius 2 is 2.09 bits per heavy atom. The van der Waals surface area contributed by atoms with Crippen LogP contribution in [0.3, 0.4) is 0 Å². The first-order chi connectivity index (χ1) is 10.6. The Labute approximate surface area is 133 Å². The van der Waals surface area contributed by atoms with Gasteiger partial charge in [-0.2, -0.15) is 11.3 Å². The SMILES string of the molecule is CO[C@H](C)c1cccc(NC(=O)C(=O)NCc2ccsc2)c1. The molecule has 2 aromatic rings. The quantitative estimate of drug-likeness (QED) is 0.833. The molecule has 1 aromatic heterocycles. The summed E-state index contributed by atoms with van der Waals surface area (Å²) in [4.78, 5) is 23.6. The van der Waals surface area contributed by atoms with E-state index in [1.54, 1.807) is 30.6 Å². The molecule has 0 saturated carbocycles. The molecule has 0 fully saturated rings. The van der Waals surface area contributed by atoms with Crippen LogP contribution in [0.25, 0.3) is 0 Å². The molecule has 0 aliphatic carbocycles. The van der Waals surface area contributed by atoms with Gasteiger partial charge >= 0.3 is 11.8 Å². The lowest BCUT2D eigenvalue weighted by molar-refractivity contribution is -0.136. The van der Waals surface area contributed by atoms with E-state index in [-0.39, 0.29) is 6.10 Å². The fraction of sp³-hybridized carbons (Fsp3) is 0.250. The van der Waals surface area contributed by atoms with E-state index in [0.29, 0.717) is 12.2 Å². The summed E-state index contributed by atoms with van der Waals surface area (Å²) < 4.78 is 5.23. The second kappa shape index (κ2) is 7.72. The van der Waals surface area contributed by atoms with E-state index in [4.69, 9.17) is 4.74 Å². The highest BCUT2D eigenvalue weighted by Crippen LogP contribution is 2.19. The lowest BCUT2D eigenvalue weighted by Gasteiger charge is -2.12. The lowest BCUT2D eigenvalue weighted by Crippen LogP contribution is -2.34. The van der Waals surface area contributed by atoms with Gasteiger partial charge in [0.1, 0.15) is 0 Å². The van der Waals surface area contributed by atoms with Gasteiger partial charge in [-0.1, -0.05) is 12.1 Å². The molecule has 1 atom stereocenters. The van der Waals surface area contributed by atoms with E-state index in [1.165, 1.54) is 0 Å². The maximum absolute atomic E-state index is 11.9. The number of hydrogen-bond acceptors (Lipinski definition) is 4. The molecular weight excluding hydrogens is 300 g/mol. The molecule has 0 bridgehead atoms. The summed E-state index contributed by atoms with van der Waals surface area (Å²) in [5, 5.41) is 9.02. The molecule has 1 aromatic carbocycles. The fourth-order valence-electron chi connectivity index (χ4n) is 1.85. The minimum atomic E-state index is -0.683. The highest BCUT2D eigenvalue weighted by Gasteiger charge is 2.14. The third-order valence-corrected chi connectivity index (χ3v) is 3.94. The van der Waals surface area contributed by atoms with Crippen LogP contribution in [0.4, 0.5) is 5.69 Å². The Morgan fingerprint density at radius 1 is 1.27 bits per heavy atom. The van der Waals surface area contributed by atoms with Gasteiger partial charge in [0.25, 0.3) is 0 Å². The molecule has 0 saturated heterocycles. The number of anilines is 1. The van der Waals surface area contributed by atoms with Crippen molar-refractivity contribution in [3.05, 3.63) is 52.2 Å². The molecule has 0 spiro atoms. The zero-order chi connectivity index (χ0) is 15.9. The van der Waals surface area contributed by atoms with Crippen molar-refractivity contribution in [3.8, 4) is 0 Å². The zero-order valence-corrected chi connectivity index (χ0v) is 13.3. The van der Waals surface area contributed by atoms with Gasteiger partial charge in [0.2, 0.25) is 0 Å². The van der Waals surface area contributed by atoms with Crippen molar-refractivity contribution in [1.82, 2.24) is 5.32 Å². The minimum Gasteiger partial charge on any atom is -0.377 e. The van der Waals surface area contributed by atoms with Crippen molar-refractivity contribution >= 4 is 28.8 Å². The maximum atomic E-state index is 11.9. The van der Waals surface area contributed by atoms with Crippen LogP contribution < -0.4 is 10.6 Å². The standard InChI is InChI=1S/C16H18N2O3S/c1-11(21-2)13-4-3-5-14(8-13)18-16(20)15(19)17-9-12-6-7-22-10-12/h3-8,10-11H,9H2,1-2H3,(H,17,19)(H,18,20)/t11-/m1/s1. The number of amides is 2. The van der Waals surface area contributed by atoms with E-state index < -0.39 is 11.8 Å². The topological polar surface area (TPSA) is 67.4 Å². The first kappa shape index (κ1) is 16.2. The third kappa shape index (κ3) is 4.41. The summed E-state index contributed by atoms with van der Waals surface area (Å²) in [5.74, 6) is -1.34. The van der Waals surface area contributed by atoms with Crippen LogP contribution in [-0.2, 0) is 20.9 Å². The smallest absolute Gasteiger partial charge is 0.313 e. The summed E-state index contributed by atoms with van der Waals surface area (Å²) in [6, 6.07) is 9.14.